The standard InChI is InChI=1S/C25H31ClN2O6/c1-17-8-3-6-13-33-25(32)23-19(24(26)21(30)15-20(23)29)14-18(10-7-9-17)27-34-16-22(31)28-11-4-2-5-12-28/h3,7-8,10,15,17,29-30H,2,4-6,9,11-14,16H2,1H3/b8-3?,10-7+,27-18+. The minimum absolute atomic E-state index is 0.0240. The zero-order chi connectivity index (χ0) is 24.5. The number of nitrogens with zero attached hydrogens (tertiary/aromatic N) is 2. The minimum atomic E-state index is -0.752. The number of carbonyl (C=O) groups is 2. The molecular weight excluding hydrogens is 460 g/mol. The highest BCUT2D eigenvalue weighted by molar-refractivity contribution is 6.33. The number of amides is 1. The number of fused-ring (bicyclic) bond motifs is 1. The summed E-state index contributed by atoms with van der Waals surface area (Å²) in [7, 11) is 0. The summed E-state index contributed by atoms with van der Waals surface area (Å²) >= 11 is 6.31. The largest absolute Gasteiger partial charge is 0.507 e. The van der Waals surface area contributed by atoms with E-state index in [1.165, 1.54) is 0 Å². The zero-order valence-electron chi connectivity index (χ0n) is 19.3. The Morgan fingerprint density at radius 2 is 2.00 bits per heavy atom. The minimum Gasteiger partial charge on any atom is -0.507 e. The molecule has 3 rings (SSSR count). The molecular formula is C25H31ClN2O6. The molecule has 0 bridgehead atoms. The first-order valence-electron chi connectivity index (χ1n) is 11.6. The first kappa shape index (κ1) is 25.6. The maximum absolute atomic E-state index is 12.7. The van der Waals surface area contributed by atoms with Crippen molar-refractivity contribution in [3.63, 3.8) is 0 Å². The lowest BCUT2D eigenvalue weighted by Gasteiger charge is -2.26. The normalized spacial score (nSPS) is 21.9. The number of esters is 1. The van der Waals surface area contributed by atoms with Crippen molar-refractivity contribution < 1.29 is 29.4 Å². The Morgan fingerprint density at radius 1 is 1.24 bits per heavy atom. The summed E-state index contributed by atoms with van der Waals surface area (Å²) in [5.41, 5.74) is 0.405. The third kappa shape index (κ3) is 7.00. The number of oxime groups is 1. The first-order valence-corrected chi connectivity index (χ1v) is 11.9. The van der Waals surface area contributed by atoms with Crippen LogP contribution in [-0.2, 0) is 20.8 Å². The third-order valence-corrected chi connectivity index (χ3v) is 6.18. The monoisotopic (exact) mass is 490 g/mol. The van der Waals surface area contributed by atoms with Gasteiger partial charge in [0.15, 0.2) is 6.61 Å². The molecule has 1 unspecified atom stereocenters. The number of rotatable bonds is 3. The van der Waals surface area contributed by atoms with Gasteiger partial charge in [-0.15, -0.1) is 0 Å². The van der Waals surface area contributed by atoms with Crippen molar-refractivity contribution in [1.29, 1.82) is 0 Å². The molecule has 0 radical (unpaired) electrons. The molecule has 184 valence electrons. The van der Waals surface area contributed by atoms with Crippen molar-refractivity contribution in [2.45, 2.75) is 45.4 Å². The number of aromatic hydroxyl groups is 2. The van der Waals surface area contributed by atoms with Crippen LogP contribution in [0.1, 0.15) is 54.9 Å². The average Bonchev–Trinajstić information content (AvgIpc) is 2.81. The lowest BCUT2D eigenvalue weighted by molar-refractivity contribution is -0.137. The van der Waals surface area contributed by atoms with Crippen LogP contribution in [0.15, 0.2) is 35.5 Å². The number of carbonyl (C=O) groups excluding carboxylic acids is 2. The predicted molar refractivity (Wildman–Crippen MR) is 129 cm³/mol. The number of phenolic OH excluding ortho intramolecular Hbond substituents is 2. The van der Waals surface area contributed by atoms with Crippen LogP contribution in [0, 0.1) is 5.92 Å². The van der Waals surface area contributed by atoms with E-state index in [2.05, 4.69) is 12.1 Å². The number of hydrogen-bond acceptors (Lipinski definition) is 7. The molecule has 1 aromatic rings. The number of piperidine rings is 1. The van der Waals surface area contributed by atoms with Crippen LogP contribution < -0.4 is 0 Å². The molecule has 2 heterocycles. The Morgan fingerprint density at radius 3 is 2.76 bits per heavy atom. The van der Waals surface area contributed by atoms with Crippen molar-refractivity contribution in [2.75, 3.05) is 26.3 Å². The Kier molecular flexibility index (Phi) is 9.39. The highest BCUT2D eigenvalue weighted by Crippen LogP contribution is 2.37. The van der Waals surface area contributed by atoms with E-state index in [1.807, 2.05) is 18.2 Å². The predicted octanol–water partition coefficient (Wildman–Crippen LogP) is 4.38. The third-order valence-electron chi connectivity index (χ3n) is 5.76. The van der Waals surface area contributed by atoms with E-state index < -0.39 is 11.7 Å². The zero-order valence-corrected chi connectivity index (χ0v) is 20.1. The number of hydrogen-bond donors (Lipinski definition) is 2. The molecule has 2 N–H and O–H groups in total. The molecule has 0 saturated carbocycles. The Hall–Kier alpha value is -3.00. The molecule has 2 aliphatic heterocycles. The fraction of sp³-hybridized carbons (Fsp3) is 0.480. The Balaban J connectivity index is 1.88. The smallest absolute Gasteiger partial charge is 0.342 e. The molecule has 2 aliphatic rings. The SMILES string of the molecule is CC1C=CCCOC(=O)c2c(O)cc(O)c(Cl)c2CC(=N/OCC(=O)N2CCCCC2)/C=C/C1. The van der Waals surface area contributed by atoms with E-state index in [9.17, 15) is 19.8 Å². The van der Waals surface area contributed by atoms with Gasteiger partial charge < -0.3 is 24.7 Å². The van der Waals surface area contributed by atoms with Gasteiger partial charge >= 0.3 is 5.97 Å². The van der Waals surface area contributed by atoms with Gasteiger partial charge in [-0.1, -0.05) is 41.9 Å². The van der Waals surface area contributed by atoms with Crippen molar-refractivity contribution in [3.05, 3.63) is 46.5 Å². The van der Waals surface area contributed by atoms with Crippen LogP contribution in [0.2, 0.25) is 5.02 Å². The number of phenols is 2. The number of cyclic esters (lactones) is 1. The number of halogens is 1. The number of ether oxygens (including phenoxy) is 1. The summed E-state index contributed by atoms with van der Waals surface area (Å²) in [6, 6.07) is 1.01. The van der Waals surface area contributed by atoms with Crippen molar-refractivity contribution in [2.24, 2.45) is 11.1 Å². The summed E-state index contributed by atoms with van der Waals surface area (Å²) in [5.74, 6) is -1.44. The van der Waals surface area contributed by atoms with Gasteiger partial charge in [0, 0.05) is 25.6 Å². The van der Waals surface area contributed by atoms with Crippen molar-refractivity contribution in [3.8, 4) is 11.5 Å². The number of benzene rings is 1. The molecule has 0 spiro atoms. The van der Waals surface area contributed by atoms with Crippen molar-refractivity contribution >= 4 is 29.2 Å². The van der Waals surface area contributed by atoms with E-state index in [4.69, 9.17) is 21.2 Å². The Bertz CT molecular complexity index is 982. The molecule has 1 aromatic carbocycles. The summed E-state index contributed by atoms with van der Waals surface area (Å²) in [6.45, 7) is 3.43. The fourth-order valence-electron chi connectivity index (χ4n) is 3.90. The van der Waals surface area contributed by atoms with E-state index in [-0.39, 0.29) is 53.4 Å². The first-order chi connectivity index (χ1) is 16.4. The summed E-state index contributed by atoms with van der Waals surface area (Å²) in [4.78, 5) is 32.3. The quantitative estimate of drug-likeness (QED) is 0.370. The summed E-state index contributed by atoms with van der Waals surface area (Å²) in [5, 5.41) is 24.6. The van der Waals surface area contributed by atoms with Gasteiger partial charge in [0.1, 0.15) is 17.1 Å². The second kappa shape index (κ2) is 12.5. The lowest BCUT2D eigenvalue weighted by atomic mass is 9.99. The summed E-state index contributed by atoms with van der Waals surface area (Å²) in [6.07, 6.45) is 11.9. The number of allylic oxidation sites excluding steroid dienone is 3. The average molecular weight is 491 g/mol. The van der Waals surface area contributed by atoms with Gasteiger partial charge in [0.05, 0.1) is 17.3 Å². The number of likely N-dealkylation sites (tertiary alicyclic amines) is 1. The van der Waals surface area contributed by atoms with E-state index in [1.54, 1.807) is 11.0 Å². The van der Waals surface area contributed by atoms with Crippen molar-refractivity contribution in [1.82, 2.24) is 4.90 Å². The highest BCUT2D eigenvalue weighted by Gasteiger charge is 2.24. The van der Waals surface area contributed by atoms with Crippen LogP contribution in [0.5, 0.6) is 11.5 Å². The van der Waals surface area contributed by atoms with Crippen LogP contribution in [-0.4, -0.2) is 59.0 Å². The topological polar surface area (TPSA) is 109 Å². The van der Waals surface area contributed by atoms with Gasteiger partial charge in [0.25, 0.3) is 5.91 Å². The molecule has 1 atom stereocenters. The molecule has 34 heavy (non-hydrogen) atoms. The molecule has 1 saturated heterocycles. The van der Waals surface area contributed by atoms with E-state index in [0.717, 1.165) is 31.7 Å². The second-order valence-corrected chi connectivity index (χ2v) is 8.90. The lowest BCUT2D eigenvalue weighted by Crippen LogP contribution is -2.37. The van der Waals surface area contributed by atoms with E-state index in [0.29, 0.717) is 25.2 Å². The maximum atomic E-state index is 12.7. The summed E-state index contributed by atoms with van der Waals surface area (Å²) < 4.78 is 5.31. The van der Waals surface area contributed by atoms with Crippen LogP contribution >= 0.6 is 11.6 Å². The second-order valence-electron chi connectivity index (χ2n) is 8.52. The molecule has 1 fully saturated rings. The van der Waals surface area contributed by atoms with Crippen LogP contribution in [0.3, 0.4) is 0 Å². The van der Waals surface area contributed by atoms with Gasteiger partial charge in [-0.2, -0.15) is 0 Å². The van der Waals surface area contributed by atoms with Gasteiger partial charge in [-0.3, -0.25) is 4.79 Å². The fourth-order valence-corrected chi connectivity index (χ4v) is 4.12. The van der Waals surface area contributed by atoms with Gasteiger partial charge in [0.2, 0.25) is 0 Å². The van der Waals surface area contributed by atoms with Gasteiger partial charge in [-0.05, 0) is 49.7 Å². The maximum Gasteiger partial charge on any atom is 0.342 e. The molecule has 0 aromatic heterocycles. The molecule has 0 aliphatic carbocycles. The Labute approximate surface area is 204 Å². The highest BCUT2D eigenvalue weighted by atomic mass is 35.5. The van der Waals surface area contributed by atoms with Crippen LogP contribution in [0.4, 0.5) is 0 Å². The van der Waals surface area contributed by atoms with Crippen LogP contribution in [0.25, 0.3) is 0 Å². The molecule has 8 nitrogen and oxygen atoms in total. The molecule has 1 amide bonds. The molecule has 9 heteroatoms. The van der Waals surface area contributed by atoms with E-state index >= 15 is 0 Å². The van der Waals surface area contributed by atoms with Gasteiger partial charge in [-0.25, -0.2) is 4.79 Å².